The van der Waals surface area contributed by atoms with E-state index < -0.39 is 0 Å². The molecule has 1 aromatic rings. The van der Waals surface area contributed by atoms with Crippen LogP contribution in [0, 0.1) is 17.7 Å². The van der Waals surface area contributed by atoms with E-state index in [0.29, 0.717) is 23.1 Å². The lowest BCUT2D eigenvalue weighted by atomic mass is 10.0. The van der Waals surface area contributed by atoms with Gasteiger partial charge in [-0.3, -0.25) is 4.79 Å². The predicted molar refractivity (Wildman–Crippen MR) is 102 cm³/mol. The molecule has 0 aliphatic rings. The van der Waals surface area contributed by atoms with E-state index in [1.807, 2.05) is 27.7 Å². The molecular weight excluding hydrogens is 313 g/mol. The van der Waals surface area contributed by atoms with Crippen LogP contribution < -0.4 is 5.32 Å². The van der Waals surface area contributed by atoms with E-state index in [-0.39, 0.29) is 17.3 Å². The summed E-state index contributed by atoms with van der Waals surface area (Å²) in [6.07, 6.45) is 6.72. The lowest BCUT2D eigenvalue weighted by Gasteiger charge is -2.21. The SMILES string of the molecule is C=CC(C#Cc1cccc(F)c1)=CC=C(CCC)C(=O)NC(C)(C)C. The molecule has 0 radical (unpaired) electrons. The predicted octanol–water partition coefficient (Wildman–Crippen LogP) is 4.93. The molecule has 1 amide bonds. The summed E-state index contributed by atoms with van der Waals surface area (Å²) in [6, 6.07) is 6.12. The molecule has 0 atom stereocenters. The maximum Gasteiger partial charge on any atom is 0.247 e. The van der Waals surface area contributed by atoms with Gasteiger partial charge in [0.2, 0.25) is 5.91 Å². The summed E-state index contributed by atoms with van der Waals surface area (Å²) in [5.41, 5.74) is 1.67. The van der Waals surface area contributed by atoms with Crippen molar-refractivity contribution in [2.75, 3.05) is 0 Å². The van der Waals surface area contributed by atoms with Gasteiger partial charge in [-0.25, -0.2) is 4.39 Å². The highest BCUT2D eigenvalue weighted by Crippen LogP contribution is 2.10. The Labute approximate surface area is 150 Å². The van der Waals surface area contributed by atoms with Crippen LogP contribution >= 0.6 is 0 Å². The third kappa shape index (κ3) is 8.17. The number of benzene rings is 1. The summed E-state index contributed by atoms with van der Waals surface area (Å²) in [7, 11) is 0. The number of halogens is 1. The van der Waals surface area contributed by atoms with Crippen molar-refractivity contribution in [1.82, 2.24) is 5.32 Å². The van der Waals surface area contributed by atoms with Crippen molar-refractivity contribution >= 4 is 5.91 Å². The van der Waals surface area contributed by atoms with Gasteiger partial charge in [0, 0.05) is 22.2 Å². The molecule has 0 heterocycles. The van der Waals surface area contributed by atoms with Gasteiger partial charge in [-0.15, -0.1) is 0 Å². The van der Waals surface area contributed by atoms with Gasteiger partial charge in [0.15, 0.2) is 0 Å². The van der Waals surface area contributed by atoms with E-state index in [0.717, 1.165) is 6.42 Å². The summed E-state index contributed by atoms with van der Waals surface area (Å²) in [6.45, 7) is 11.6. The highest BCUT2D eigenvalue weighted by Gasteiger charge is 2.16. The van der Waals surface area contributed by atoms with Crippen LogP contribution in [-0.2, 0) is 4.79 Å². The van der Waals surface area contributed by atoms with Crippen LogP contribution in [0.5, 0.6) is 0 Å². The maximum atomic E-state index is 13.2. The first kappa shape index (κ1) is 20.4. The molecule has 0 saturated heterocycles. The molecule has 0 aliphatic heterocycles. The lowest BCUT2D eigenvalue weighted by molar-refractivity contribution is -0.119. The second kappa shape index (κ2) is 9.64. The summed E-state index contributed by atoms with van der Waals surface area (Å²) < 4.78 is 13.2. The van der Waals surface area contributed by atoms with Gasteiger partial charge < -0.3 is 5.32 Å². The quantitative estimate of drug-likeness (QED) is 0.460. The fourth-order valence-electron chi connectivity index (χ4n) is 2.02. The van der Waals surface area contributed by atoms with Gasteiger partial charge in [-0.1, -0.05) is 50.0 Å². The Morgan fingerprint density at radius 3 is 2.60 bits per heavy atom. The van der Waals surface area contributed by atoms with Crippen molar-refractivity contribution in [2.45, 2.75) is 46.1 Å². The van der Waals surface area contributed by atoms with Crippen LogP contribution in [0.3, 0.4) is 0 Å². The molecular formula is C22H26FNO. The zero-order chi connectivity index (χ0) is 18.9. The topological polar surface area (TPSA) is 29.1 Å². The van der Waals surface area contributed by atoms with Gasteiger partial charge >= 0.3 is 0 Å². The second-order valence-corrected chi connectivity index (χ2v) is 6.73. The summed E-state index contributed by atoms with van der Waals surface area (Å²) in [5.74, 6) is 5.45. The number of carbonyl (C=O) groups excluding carboxylic acids is 1. The number of carbonyl (C=O) groups is 1. The van der Waals surface area contributed by atoms with Crippen LogP contribution in [0.25, 0.3) is 0 Å². The standard InChI is InChI=1S/C22H26FNO/c1-6-9-19(21(25)24-22(3,4)5)15-14-17(7-2)12-13-18-10-8-11-20(23)16-18/h7-8,10-11,14-16H,2,6,9H2,1,3-5H3,(H,24,25). The average molecular weight is 339 g/mol. The van der Waals surface area contributed by atoms with Gasteiger partial charge in [0.25, 0.3) is 0 Å². The molecule has 1 rings (SSSR count). The Hall–Kier alpha value is -2.60. The highest BCUT2D eigenvalue weighted by molar-refractivity contribution is 5.94. The molecule has 25 heavy (non-hydrogen) atoms. The summed E-state index contributed by atoms with van der Waals surface area (Å²) in [5, 5.41) is 2.97. The van der Waals surface area contributed by atoms with E-state index in [1.54, 1.807) is 30.4 Å². The third-order valence-corrected chi connectivity index (χ3v) is 3.16. The molecule has 0 unspecified atom stereocenters. The van der Waals surface area contributed by atoms with E-state index in [4.69, 9.17) is 0 Å². The van der Waals surface area contributed by atoms with Gasteiger partial charge in [0.1, 0.15) is 5.82 Å². The fraction of sp³-hybridized carbons (Fsp3) is 0.318. The molecule has 1 N–H and O–H groups in total. The molecule has 2 nitrogen and oxygen atoms in total. The second-order valence-electron chi connectivity index (χ2n) is 6.73. The molecule has 0 saturated carbocycles. The monoisotopic (exact) mass is 339 g/mol. The smallest absolute Gasteiger partial charge is 0.247 e. The van der Waals surface area contributed by atoms with Crippen molar-refractivity contribution in [3.8, 4) is 11.8 Å². The van der Waals surface area contributed by atoms with Crippen molar-refractivity contribution < 1.29 is 9.18 Å². The number of nitrogens with one attached hydrogen (secondary N) is 1. The van der Waals surface area contributed by atoms with Crippen LogP contribution in [0.1, 0.15) is 46.1 Å². The zero-order valence-corrected chi connectivity index (χ0v) is 15.4. The minimum absolute atomic E-state index is 0.0768. The first-order valence-electron chi connectivity index (χ1n) is 8.38. The van der Waals surface area contributed by atoms with Crippen LogP contribution in [0.2, 0.25) is 0 Å². The Kier molecular flexibility index (Phi) is 7.88. The minimum atomic E-state index is -0.320. The molecule has 3 heteroatoms. The number of amides is 1. The zero-order valence-electron chi connectivity index (χ0n) is 15.4. The van der Waals surface area contributed by atoms with Crippen molar-refractivity contribution in [1.29, 1.82) is 0 Å². The molecule has 0 aromatic heterocycles. The Morgan fingerprint density at radius 2 is 2.04 bits per heavy atom. The molecule has 0 fully saturated rings. The van der Waals surface area contributed by atoms with E-state index in [2.05, 4.69) is 23.7 Å². The Bertz CT molecular complexity index is 739. The minimum Gasteiger partial charge on any atom is -0.348 e. The van der Waals surface area contributed by atoms with Crippen molar-refractivity contribution in [3.63, 3.8) is 0 Å². The highest BCUT2D eigenvalue weighted by atomic mass is 19.1. The summed E-state index contributed by atoms with van der Waals surface area (Å²) in [4.78, 5) is 12.4. The van der Waals surface area contributed by atoms with E-state index in [1.165, 1.54) is 12.1 Å². The summed E-state index contributed by atoms with van der Waals surface area (Å²) >= 11 is 0. The maximum absolute atomic E-state index is 13.2. The molecule has 0 aliphatic carbocycles. The first-order chi connectivity index (χ1) is 11.7. The number of allylic oxidation sites excluding steroid dienone is 4. The van der Waals surface area contributed by atoms with Gasteiger partial charge in [-0.2, -0.15) is 0 Å². The molecule has 0 spiro atoms. The van der Waals surface area contributed by atoms with Gasteiger partial charge in [-0.05, 0) is 51.5 Å². The average Bonchev–Trinajstić information content (AvgIpc) is 2.52. The van der Waals surface area contributed by atoms with E-state index in [9.17, 15) is 9.18 Å². The largest absolute Gasteiger partial charge is 0.348 e. The molecule has 132 valence electrons. The van der Waals surface area contributed by atoms with Crippen LogP contribution in [0.4, 0.5) is 4.39 Å². The van der Waals surface area contributed by atoms with Gasteiger partial charge in [0.05, 0.1) is 0 Å². The number of hydrogen-bond acceptors (Lipinski definition) is 1. The fourth-order valence-corrected chi connectivity index (χ4v) is 2.02. The molecule has 1 aromatic carbocycles. The normalized spacial score (nSPS) is 12.2. The van der Waals surface area contributed by atoms with E-state index >= 15 is 0 Å². The molecule has 0 bridgehead atoms. The van der Waals surface area contributed by atoms with Crippen LogP contribution in [-0.4, -0.2) is 11.4 Å². The lowest BCUT2D eigenvalue weighted by Crippen LogP contribution is -2.41. The van der Waals surface area contributed by atoms with Crippen molar-refractivity contribution in [3.05, 3.63) is 71.6 Å². The Morgan fingerprint density at radius 1 is 1.32 bits per heavy atom. The Balaban J connectivity index is 3.03. The number of rotatable bonds is 5. The number of hydrogen-bond donors (Lipinski definition) is 1. The third-order valence-electron chi connectivity index (χ3n) is 3.16. The first-order valence-corrected chi connectivity index (χ1v) is 8.38. The van der Waals surface area contributed by atoms with Crippen molar-refractivity contribution in [2.24, 2.45) is 0 Å². The van der Waals surface area contributed by atoms with Crippen LogP contribution in [0.15, 0.2) is 60.2 Å².